The third-order valence-electron chi connectivity index (χ3n) is 5.44. The summed E-state index contributed by atoms with van der Waals surface area (Å²) in [4.78, 5) is 16.0. The summed E-state index contributed by atoms with van der Waals surface area (Å²) in [5, 5.41) is 9.22. The smallest absolute Gasteiger partial charge is 0.251 e. The van der Waals surface area contributed by atoms with E-state index in [2.05, 4.69) is 11.1 Å². The Kier molecular flexibility index (Phi) is 4.79. The number of fused-ring (bicyclic) bond motifs is 3. The highest BCUT2D eigenvalue weighted by molar-refractivity contribution is 6.21. The molecule has 0 spiro atoms. The Bertz CT molecular complexity index is 990. The first-order valence-electron chi connectivity index (χ1n) is 8.95. The second-order valence-corrected chi connectivity index (χ2v) is 7.11. The number of phenols is 1. The first-order chi connectivity index (χ1) is 12.7. The van der Waals surface area contributed by atoms with E-state index in [1.54, 1.807) is 6.07 Å². The average Bonchev–Trinajstić information content (AvgIpc) is 3.21. The van der Waals surface area contributed by atoms with E-state index in [9.17, 15) is 9.90 Å². The number of primary amides is 1. The van der Waals surface area contributed by atoms with E-state index in [1.165, 1.54) is 16.7 Å². The van der Waals surface area contributed by atoms with Crippen LogP contribution in [0.2, 0.25) is 0 Å². The number of benzene rings is 1. The fourth-order valence-corrected chi connectivity index (χ4v) is 3.67. The van der Waals surface area contributed by atoms with E-state index < -0.39 is 5.91 Å². The number of pyridine rings is 1. The molecule has 2 aromatic rings. The van der Waals surface area contributed by atoms with Crippen molar-refractivity contribution in [2.24, 2.45) is 11.5 Å². The summed E-state index contributed by atoms with van der Waals surface area (Å²) >= 11 is 0. The van der Waals surface area contributed by atoms with Gasteiger partial charge in [0.2, 0.25) is 0 Å². The fraction of sp³-hybridized carbons (Fsp3) is 0.273. The van der Waals surface area contributed by atoms with Gasteiger partial charge in [0.25, 0.3) is 5.91 Å². The molecule has 0 fully saturated rings. The molecule has 27 heavy (non-hydrogen) atoms. The highest BCUT2D eigenvalue weighted by atomic mass is 16.3. The van der Waals surface area contributed by atoms with Crippen LogP contribution in [0, 0.1) is 27.7 Å². The first-order valence-corrected chi connectivity index (χ1v) is 8.95. The van der Waals surface area contributed by atoms with Gasteiger partial charge in [-0.15, -0.1) is 0 Å². The van der Waals surface area contributed by atoms with Gasteiger partial charge in [-0.2, -0.15) is 0 Å². The third-order valence-corrected chi connectivity index (χ3v) is 5.44. The molecular formula is C22H25N3O2. The number of aromatic nitrogens is 1. The number of nitrogens with two attached hydrogens (primary N) is 2. The minimum atomic E-state index is -0.461. The van der Waals surface area contributed by atoms with Gasteiger partial charge in [-0.05, 0) is 74.1 Å². The van der Waals surface area contributed by atoms with Crippen LogP contribution in [0.1, 0.15) is 44.8 Å². The van der Waals surface area contributed by atoms with Crippen LogP contribution in [-0.2, 0) is 17.6 Å². The monoisotopic (exact) mass is 363 g/mol. The molecule has 2 aliphatic carbocycles. The van der Waals surface area contributed by atoms with Crippen LogP contribution in [0.5, 0.6) is 5.75 Å². The SMILES string of the molecule is Cc1ccc(O)c(C)c1C.Cc1nc2c(c3c1C(C(N)=O)=C(N)C3)CC=C2. The molecule has 0 radical (unpaired) electrons. The molecular weight excluding hydrogens is 338 g/mol. The van der Waals surface area contributed by atoms with Gasteiger partial charge < -0.3 is 16.6 Å². The van der Waals surface area contributed by atoms with Gasteiger partial charge in [0.1, 0.15) is 5.75 Å². The lowest BCUT2D eigenvalue weighted by molar-refractivity contribution is -0.112. The van der Waals surface area contributed by atoms with Crippen LogP contribution >= 0.6 is 0 Å². The van der Waals surface area contributed by atoms with Gasteiger partial charge in [-0.25, -0.2) is 0 Å². The summed E-state index contributed by atoms with van der Waals surface area (Å²) in [5.41, 5.74) is 20.7. The highest BCUT2D eigenvalue weighted by Crippen LogP contribution is 2.37. The van der Waals surface area contributed by atoms with Crippen molar-refractivity contribution in [3.8, 4) is 5.75 Å². The molecule has 5 N–H and O–H groups in total. The molecule has 2 aliphatic rings. The number of phenolic OH excluding ortho intramolecular Hbond substituents is 1. The van der Waals surface area contributed by atoms with E-state index in [0.29, 0.717) is 23.4 Å². The maximum atomic E-state index is 11.5. The molecule has 0 saturated heterocycles. The number of aromatic hydroxyl groups is 1. The van der Waals surface area contributed by atoms with Crippen LogP contribution in [-0.4, -0.2) is 16.0 Å². The van der Waals surface area contributed by atoms with Crippen LogP contribution in [0.4, 0.5) is 0 Å². The highest BCUT2D eigenvalue weighted by Gasteiger charge is 2.30. The van der Waals surface area contributed by atoms with Gasteiger partial charge in [-0.3, -0.25) is 9.78 Å². The number of aryl methyl sites for hydroxylation is 2. The fourth-order valence-electron chi connectivity index (χ4n) is 3.67. The van der Waals surface area contributed by atoms with Crippen molar-refractivity contribution in [2.75, 3.05) is 0 Å². The van der Waals surface area contributed by atoms with E-state index in [1.807, 2.05) is 39.8 Å². The molecule has 1 heterocycles. The number of rotatable bonds is 1. The minimum Gasteiger partial charge on any atom is -0.508 e. The lowest BCUT2D eigenvalue weighted by atomic mass is 9.98. The molecule has 1 aromatic heterocycles. The number of hydrogen-bond acceptors (Lipinski definition) is 4. The molecule has 5 heteroatoms. The number of carbonyl (C=O) groups is 1. The van der Waals surface area contributed by atoms with E-state index in [4.69, 9.17) is 11.5 Å². The second-order valence-electron chi connectivity index (χ2n) is 7.11. The Morgan fingerprint density at radius 1 is 1.11 bits per heavy atom. The zero-order valence-electron chi connectivity index (χ0n) is 16.2. The molecule has 1 amide bonds. The van der Waals surface area contributed by atoms with Crippen molar-refractivity contribution in [3.05, 3.63) is 68.7 Å². The Balaban J connectivity index is 0.000000180. The molecule has 0 aliphatic heterocycles. The Hall–Kier alpha value is -3.08. The number of amides is 1. The molecule has 0 saturated carbocycles. The van der Waals surface area contributed by atoms with Gasteiger partial charge in [0.15, 0.2) is 0 Å². The molecule has 0 bridgehead atoms. The zero-order valence-corrected chi connectivity index (χ0v) is 16.2. The Morgan fingerprint density at radius 2 is 1.81 bits per heavy atom. The topological polar surface area (TPSA) is 102 Å². The predicted octanol–water partition coefficient (Wildman–Crippen LogP) is 2.99. The molecule has 1 aromatic carbocycles. The van der Waals surface area contributed by atoms with Gasteiger partial charge in [-0.1, -0.05) is 12.1 Å². The molecule has 4 rings (SSSR count). The lowest BCUT2D eigenvalue weighted by Crippen LogP contribution is -2.16. The summed E-state index contributed by atoms with van der Waals surface area (Å²) in [6.07, 6.45) is 5.57. The van der Waals surface area contributed by atoms with Gasteiger partial charge in [0.05, 0.1) is 11.3 Å². The summed E-state index contributed by atoms with van der Waals surface area (Å²) in [6.45, 7) is 7.89. The molecule has 140 valence electrons. The normalized spacial score (nSPS) is 13.9. The standard InChI is InChI=1S/C13H13N3O.C9H12O/c1-6-11-8(5-9(14)12(11)13(15)17)7-3-2-4-10(7)16-6;1-6-4-5-9(10)8(3)7(6)2/h2,4H,3,5,14H2,1H3,(H2,15,17);4-5,10H,1-3H3. The summed E-state index contributed by atoms with van der Waals surface area (Å²) in [6, 6.07) is 3.66. The number of nitrogens with zero attached hydrogens (tertiary/aromatic N) is 1. The maximum absolute atomic E-state index is 11.5. The summed E-state index contributed by atoms with van der Waals surface area (Å²) in [5.74, 6) is -0.0693. The van der Waals surface area contributed by atoms with E-state index in [-0.39, 0.29) is 0 Å². The predicted molar refractivity (Wildman–Crippen MR) is 108 cm³/mol. The van der Waals surface area contributed by atoms with E-state index in [0.717, 1.165) is 34.5 Å². The summed E-state index contributed by atoms with van der Waals surface area (Å²) < 4.78 is 0. The molecule has 0 unspecified atom stereocenters. The van der Waals surface area contributed by atoms with Crippen LogP contribution in [0.25, 0.3) is 11.6 Å². The average molecular weight is 363 g/mol. The van der Waals surface area contributed by atoms with Gasteiger partial charge in [0, 0.05) is 23.4 Å². The Labute approximate surface area is 159 Å². The largest absolute Gasteiger partial charge is 0.508 e. The number of carbonyl (C=O) groups excluding carboxylic acids is 1. The summed E-state index contributed by atoms with van der Waals surface area (Å²) in [7, 11) is 0. The minimum absolute atomic E-state index is 0.392. The van der Waals surface area contributed by atoms with Crippen molar-refractivity contribution in [3.63, 3.8) is 0 Å². The van der Waals surface area contributed by atoms with Crippen molar-refractivity contribution in [2.45, 2.75) is 40.5 Å². The Morgan fingerprint density at radius 3 is 2.44 bits per heavy atom. The van der Waals surface area contributed by atoms with Crippen LogP contribution in [0.3, 0.4) is 0 Å². The quantitative estimate of drug-likeness (QED) is 0.725. The van der Waals surface area contributed by atoms with Crippen molar-refractivity contribution in [1.82, 2.24) is 4.98 Å². The van der Waals surface area contributed by atoms with Crippen molar-refractivity contribution in [1.29, 1.82) is 0 Å². The van der Waals surface area contributed by atoms with Gasteiger partial charge >= 0.3 is 0 Å². The van der Waals surface area contributed by atoms with Crippen LogP contribution < -0.4 is 11.5 Å². The maximum Gasteiger partial charge on any atom is 0.251 e. The molecule has 0 atom stereocenters. The van der Waals surface area contributed by atoms with E-state index >= 15 is 0 Å². The van der Waals surface area contributed by atoms with Crippen LogP contribution in [0.15, 0.2) is 23.9 Å². The van der Waals surface area contributed by atoms with Crippen molar-refractivity contribution >= 4 is 17.6 Å². The molecule has 5 nitrogen and oxygen atoms in total. The lowest BCUT2D eigenvalue weighted by Gasteiger charge is -2.11. The number of hydrogen-bond donors (Lipinski definition) is 3. The number of allylic oxidation sites excluding steroid dienone is 2. The zero-order chi connectivity index (χ0) is 19.9. The first kappa shape index (κ1) is 18.7. The van der Waals surface area contributed by atoms with Crippen molar-refractivity contribution < 1.29 is 9.90 Å². The third kappa shape index (κ3) is 3.21. The second kappa shape index (κ2) is 6.91.